The zero-order chi connectivity index (χ0) is 12.2. The lowest BCUT2D eigenvalue weighted by atomic mass is 10.1. The van der Waals surface area contributed by atoms with Gasteiger partial charge in [0.2, 0.25) is 0 Å². The molecule has 1 heteroatoms. The Morgan fingerprint density at radius 1 is 1.12 bits per heavy atom. The van der Waals surface area contributed by atoms with Gasteiger partial charge in [0.15, 0.2) is 0 Å². The molecule has 0 fully saturated rings. The fourth-order valence-electron chi connectivity index (χ4n) is 2.64. The highest BCUT2D eigenvalue weighted by molar-refractivity contribution is 6.83. The SMILES string of the molecule is CCCCC/C=C1/CC(C)=C([Si](C)(C)C)C1. The highest BCUT2D eigenvalue weighted by atomic mass is 28.3. The van der Waals surface area contributed by atoms with Crippen molar-refractivity contribution >= 4 is 8.07 Å². The largest absolute Gasteiger partial charge is 0.0847 e. The van der Waals surface area contributed by atoms with Crippen LogP contribution in [-0.2, 0) is 0 Å². The summed E-state index contributed by atoms with van der Waals surface area (Å²) in [5, 5.41) is 1.81. The van der Waals surface area contributed by atoms with Crippen LogP contribution in [0.4, 0.5) is 0 Å². The van der Waals surface area contributed by atoms with Crippen molar-refractivity contribution in [1.29, 1.82) is 0 Å². The summed E-state index contributed by atoms with van der Waals surface area (Å²) in [4.78, 5) is 0. The van der Waals surface area contributed by atoms with E-state index in [9.17, 15) is 0 Å². The van der Waals surface area contributed by atoms with Crippen LogP contribution in [0.1, 0.15) is 52.4 Å². The predicted octanol–water partition coefficient (Wildman–Crippen LogP) is 5.48. The van der Waals surface area contributed by atoms with Crippen molar-refractivity contribution in [2.75, 3.05) is 0 Å². The summed E-state index contributed by atoms with van der Waals surface area (Å²) in [6.07, 6.45) is 10.5. The number of rotatable bonds is 5. The van der Waals surface area contributed by atoms with Crippen LogP contribution in [0.25, 0.3) is 0 Å². The summed E-state index contributed by atoms with van der Waals surface area (Å²) in [5.41, 5.74) is 3.38. The number of allylic oxidation sites excluding steroid dienone is 4. The first-order chi connectivity index (χ1) is 7.45. The maximum atomic E-state index is 2.52. The second kappa shape index (κ2) is 5.86. The van der Waals surface area contributed by atoms with Crippen molar-refractivity contribution < 1.29 is 0 Å². The molecule has 1 rings (SSSR count). The minimum absolute atomic E-state index is 1.04. The number of hydrogen-bond acceptors (Lipinski definition) is 0. The van der Waals surface area contributed by atoms with Crippen LogP contribution in [-0.4, -0.2) is 8.07 Å². The van der Waals surface area contributed by atoms with E-state index in [0.29, 0.717) is 0 Å². The highest BCUT2D eigenvalue weighted by Gasteiger charge is 2.26. The molecule has 92 valence electrons. The molecule has 0 bridgehead atoms. The Hall–Kier alpha value is -0.303. The molecule has 0 atom stereocenters. The second-order valence-corrected chi connectivity index (χ2v) is 11.3. The summed E-state index contributed by atoms with van der Waals surface area (Å²) in [6, 6.07) is 0. The fourth-order valence-corrected chi connectivity index (χ4v) is 4.76. The van der Waals surface area contributed by atoms with Crippen LogP contribution in [0.3, 0.4) is 0 Å². The molecule has 0 saturated carbocycles. The molecule has 0 aromatic rings. The lowest BCUT2D eigenvalue weighted by molar-refractivity contribution is 0.726. The average molecular weight is 236 g/mol. The van der Waals surface area contributed by atoms with Gasteiger partial charge in [-0.1, -0.05) is 61.8 Å². The van der Waals surface area contributed by atoms with Crippen molar-refractivity contribution in [3.05, 3.63) is 22.4 Å². The third-order valence-electron chi connectivity index (χ3n) is 3.56. The van der Waals surface area contributed by atoms with Crippen molar-refractivity contribution in [1.82, 2.24) is 0 Å². The standard InChI is InChI=1S/C15H28Si/c1-6-7-8-9-10-14-11-13(2)15(12-14)16(3,4)5/h10H,6-9,11-12H2,1-5H3/b14-10-. The van der Waals surface area contributed by atoms with E-state index in [1.807, 2.05) is 5.20 Å². The Balaban J connectivity index is 2.49. The van der Waals surface area contributed by atoms with E-state index in [-0.39, 0.29) is 0 Å². The second-order valence-electron chi connectivity index (χ2n) is 6.22. The van der Waals surface area contributed by atoms with Crippen LogP contribution in [0.2, 0.25) is 19.6 Å². The third-order valence-corrected chi connectivity index (χ3v) is 5.97. The average Bonchev–Trinajstić information content (AvgIpc) is 2.54. The quantitative estimate of drug-likeness (QED) is 0.337. The van der Waals surface area contributed by atoms with Crippen LogP contribution >= 0.6 is 0 Å². The molecular formula is C15H28Si. The van der Waals surface area contributed by atoms with Gasteiger partial charge in [-0.25, -0.2) is 0 Å². The van der Waals surface area contributed by atoms with Crippen molar-refractivity contribution in [3.8, 4) is 0 Å². The molecule has 1 aliphatic rings. The van der Waals surface area contributed by atoms with Gasteiger partial charge in [0.05, 0.1) is 8.07 Å². The zero-order valence-electron chi connectivity index (χ0n) is 11.8. The van der Waals surface area contributed by atoms with Crippen LogP contribution in [0.15, 0.2) is 22.4 Å². The van der Waals surface area contributed by atoms with Gasteiger partial charge in [-0.2, -0.15) is 0 Å². The van der Waals surface area contributed by atoms with Gasteiger partial charge < -0.3 is 0 Å². The first-order valence-corrected chi connectivity index (χ1v) is 10.3. The summed E-state index contributed by atoms with van der Waals surface area (Å²) < 4.78 is 0. The molecule has 16 heavy (non-hydrogen) atoms. The van der Waals surface area contributed by atoms with Gasteiger partial charge in [0.1, 0.15) is 0 Å². The van der Waals surface area contributed by atoms with Gasteiger partial charge in [-0.15, -0.1) is 0 Å². The van der Waals surface area contributed by atoms with Gasteiger partial charge in [-0.3, -0.25) is 0 Å². The monoisotopic (exact) mass is 236 g/mol. The van der Waals surface area contributed by atoms with E-state index < -0.39 is 8.07 Å². The van der Waals surface area contributed by atoms with E-state index >= 15 is 0 Å². The maximum Gasteiger partial charge on any atom is 0.0728 e. The Morgan fingerprint density at radius 3 is 2.31 bits per heavy atom. The normalized spacial score (nSPS) is 19.9. The Labute approximate surface area is 103 Å². The molecule has 0 aliphatic heterocycles. The molecule has 0 nitrogen and oxygen atoms in total. The first-order valence-electron chi connectivity index (χ1n) is 6.82. The van der Waals surface area contributed by atoms with Crippen molar-refractivity contribution in [3.63, 3.8) is 0 Å². The molecule has 1 aliphatic carbocycles. The molecule has 0 saturated heterocycles. The van der Waals surface area contributed by atoms with E-state index in [0.717, 1.165) is 0 Å². The Morgan fingerprint density at radius 2 is 1.81 bits per heavy atom. The highest BCUT2D eigenvalue weighted by Crippen LogP contribution is 2.36. The molecule has 0 unspecified atom stereocenters. The summed E-state index contributed by atoms with van der Waals surface area (Å²) >= 11 is 0. The first kappa shape index (κ1) is 13.8. The van der Waals surface area contributed by atoms with Crippen LogP contribution in [0, 0.1) is 0 Å². The molecule has 0 aromatic carbocycles. The molecule has 0 N–H and O–H groups in total. The minimum atomic E-state index is -1.04. The molecule has 0 heterocycles. The molecule has 0 spiro atoms. The molecular weight excluding hydrogens is 208 g/mol. The summed E-state index contributed by atoms with van der Waals surface area (Å²) in [6.45, 7) is 12.1. The smallest absolute Gasteiger partial charge is 0.0728 e. The van der Waals surface area contributed by atoms with Gasteiger partial charge in [-0.05, 0) is 32.6 Å². The third kappa shape index (κ3) is 3.93. The van der Waals surface area contributed by atoms with Gasteiger partial charge in [0, 0.05) is 0 Å². The van der Waals surface area contributed by atoms with Gasteiger partial charge in [0.25, 0.3) is 0 Å². The van der Waals surface area contributed by atoms with Crippen molar-refractivity contribution in [2.24, 2.45) is 0 Å². The fraction of sp³-hybridized carbons (Fsp3) is 0.733. The summed E-state index contributed by atoms with van der Waals surface area (Å²) in [5.74, 6) is 0. The predicted molar refractivity (Wildman–Crippen MR) is 77.5 cm³/mol. The molecule has 0 amide bonds. The maximum absolute atomic E-state index is 2.52. The molecule has 0 aromatic heterocycles. The van der Waals surface area contributed by atoms with E-state index in [4.69, 9.17) is 0 Å². The lowest BCUT2D eigenvalue weighted by Crippen LogP contribution is -2.23. The van der Waals surface area contributed by atoms with E-state index in [1.165, 1.54) is 38.5 Å². The molecule has 0 radical (unpaired) electrons. The van der Waals surface area contributed by atoms with Gasteiger partial charge >= 0.3 is 0 Å². The summed E-state index contributed by atoms with van der Waals surface area (Å²) in [7, 11) is -1.04. The number of unbranched alkanes of at least 4 members (excludes halogenated alkanes) is 3. The van der Waals surface area contributed by atoms with E-state index in [2.05, 4.69) is 39.6 Å². The van der Waals surface area contributed by atoms with Crippen LogP contribution < -0.4 is 0 Å². The van der Waals surface area contributed by atoms with Crippen molar-refractivity contribution in [2.45, 2.75) is 72.0 Å². The minimum Gasteiger partial charge on any atom is -0.0847 e. The topological polar surface area (TPSA) is 0 Å². The number of hydrogen-bond donors (Lipinski definition) is 0. The van der Waals surface area contributed by atoms with Crippen LogP contribution in [0.5, 0.6) is 0 Å². The lowest BCUT2D eigenvalue weighted by Gasteiger charge is -2.19. The Bertz CT molecular complexity index is 289. The Kier molecular flexibility index (Phi) is 5.04. The van der Waals surface area contributed by atoms with E-state index in [1.54, 1.807) is 11.1 Å². The zero-order valence-corrected chi connectivity index (χ0v) is 12.8.